The Labute approximate surface area is 187 Å². The number of rotatable bonds is 17. The number of benzene rings is 1. The molecule has 1 rings (SSSR count). The van der Waals surface area contributed by atoms with Gasteiger partial charge < -0.3 is 15.7 Å². The molecule has 0 saturated carbocycles. The van der Waals surface area contributed by atoms with Crippen LogP contribution in [0, 0.1) is 0 Å². The molecule has 31 heavy (non-hydrogen) atoms. The number of unbranched alkanes of at least 4 members (excludes halogenated alkanes) is 10. The van der Waals surface area contributed by atoms with Crippen LogP contribution < -0.4 is 10.6 Å². The molecule has 6 nitrogen and oxygen atoms in total. The van der Waals surface area contributed by atoms with Crippen molar-refractivity contribution in [2.45, 2.75) is 90.9 Å². The van der Waals surface area contributed by atoms with E-state index in [0.29, 0.717) is 13.1 Å². The largest absolute Gasteiger partial charge is 0.478 e. The topological polar surface area (TPSA) is 95.5 Å². The third-order valence-corrected chi connectivity index (χ3v) is 5.34. The van der Waals surface area contributed by atoms with Gasteiger partial charge in [-0.25, -0.2) is 4.79 Å². The Bertz CT molecular complexity index is 640. The molecule has 1 aromatic rings. The normalized spacial score (nSPS) is 10.6. The molecular weight excluding hydrogens is 392 g/mol. The fourth-order valence-corrected chi connectivity index (χ4v) is 3.43. The van der Waals surface area contributed by atoms with Gasteiger partial charge in [-0.05, 0) is 31.0 Å². The number of carboxylic acids is 1. The van der Waals surface area contributed by atoms with E-state index in [1.54, 1.807) is 0 Å². The average Bonchev–Trinajstić information content (AvgIpc) is 2.77. The number of amides is 2. The maximum absolute atomic E-state index is 12.5. The molecule has 2 amide bonds. The number of carboxylic acid groups (broad SMARTS) is 1. The third kappa shape index (κ3) is 11.6. The molecule has 0 aliphatic rings. The summed E-state index contributed by atoms with van der Waals surface area (Å²) in [5.74, 6) is -1.85. The molecule has 0 bridgehead atoms. The molecule has 174 valence electrons. The Morgan fingerprint density at radius 3 is 1.35 bits per heavy atom. The van der Waals surface area contributed by atoms with Crippen LogP contribution in [0.4, 0.5) is 0 Å². The molecule has 1 aromatic carbocycles. The number of hydrogen-bond acceptors (Lipinski definition) is 3. The SMILES string of the molecule is CCCCCCCCNC(=O)c1cc(C(=O)O)cc(C(=O)NCCCCCCCC)c1. The molecule has 3 N–H and O–H groups in total. The van der Waals surface area contributed by atoms with Gasteiger partial charge in [-0.15, -0.1) is 0 Å². The lowest BCUT2D eigenvalue weighted by Crippen LogP contribution is -2.27. The number of carbonyl (C=O) groups excluding carboxylic acids is 2. The summed E-state index contributed by atoms with van der Waals surface area (Å²) >= 11 is 0. The summed E-state index contributed by atoms with van der Waals surface area (Å²) in [7, 11) is 0. The van der Waals surface area contributed by atoms with Gasteiger partial charge in [-0.2, -0.15) is 0 Å². The summed E-state index contributed by atoms with van der Waals surface area (Å²) in [6, 6.07) is 4.12. The first kappa shape index (κ1) is 26.7. The van der Waals surface area contributed by atoms with Crippen LogP contribution in [0.5, 0.6) is 0 Å². The maximum atomic E-state index is 12.5. The summed E-state index contributed by atoms with van der Waals surface area (Å²) in [6.45, 7) is 5.44. The van der Waals surface area contributed by atoms with Gasteiger partial charge in [-0.3, -0.25) is 9.59 Å². The van der Waals surface area contributed by atoms with Crippen molar-refractivity contribution >= 4 is 17.8 Å². The van der Waals surface area contributed by atoms with Crippen molar-refractivity contribution < 1.29 is 19.5 Å². The highest BCUT2D eigenvalue weighted by Crippen LogP contribution is 2.12. The van der Waals surface area contributed by atoms with Crippen molar-refractivity contribution in [2.75, 3.05) is 13.1 Å². The van der Waals surface area contributed by atoms with Gasteiger partial charge in [0.2, 0.25) is 0 Å². The predicted molar refractivity (Wildman–Crippen MR) is 125 cm³/mol. The number of hydrogen-bond donors (Lipinski definition) is 3. The first-order valence-electron chi connectivity index (χ1n) is 11.9. The molecule has 0 fully saturated rings. The number of aromatic carboxylic acids is 1. The fourth-order valence-electron chi connectivity index (χ4n) is 3.43. The Morgan fingerprint density at radius 2 is 0.968 bits per heavy atom. The summed E-state index contributed by atoms with van der Waals surface area (Å²) in [4.78, 5) is 36.4. The first-order valence-corrected chi connectivity index (χ1v) is 11.9. The Balaban J connectivity index is 2.56. The van der Waals surface area contributed by atoms with Crippen LogP contribution in [0.3, 0.4) is 0 Å². The average molecular weight is 433 g/mol. The Hall–Kier alpha value is -2.37. The number of nitrogens with one attached hydrogen (secondary N) is 2. The highest BCUT2D eigenvalue weighted by Gasteiger charge is 2.15. The molecule has 0 radical (unpaired) electrons. The van der Waals surface area contributed by atoms with Crippen LogP contribution in [0.1, 0.15) is 122 Å². The van der Waals surface area contributed by atoms with E-state index in [4.69, 9.17) is 0 Å². The van der Waals surface area contributed by atoms with E-state index in [9.17, 15) is 19.5 Å². The monoisotopic (exact) mass is 432 g/mol. The molecule has 0 aliphatic carbocycles. The molecule has 6 heteroatoms. The molecule has 0 saturated heterocycles. The van der Waals surface area contributed by atoms with Crippen LogP contribution in [0.25, 0.3) is 0 Å². The van der Waals surface area contributed by atoms with Gasteiger partial charge in [0.05, 0.1) is 5.56 Å². The second-order valence-electron chi connectivity index (χ2n) is 8.15. The molecule has 0 aromatic heterocycles. The summed E-state index contributed by atoms with van der Waals surface area (Å²) in [6.07, 6.45) is 13.5. The first-order chi connectivity index (χ1) is 15.0. The van der Waals surface area contributed by atoms with Crippen molar-refractivity contribution in [3.8, 4) is 0 Å². The van der Waals surface area contributed by atoms with Crippen LogP contribution in [0.15, 0.2) is 18.2 Å². The Kier molecular flexibility index (Phi) is 14.1. The van der Waals surface area contributed by atoms with E-state index in [-0.39, 0.29) is 28.5 Å². The minimum absolute atomic E-state index is 0.0584. The molecule has 0 atom stereocenters. The standard InChI is InChI=1S/C25H40N2O4/c1-3-5-7-9-11-13-15-26-23(28)20-17-21(19-22(18-20)25(30)31)24(29)27-16-14-12-10-8-6-4-2/h17-19H,3-16H2,1-2H3,(H,26,28)(H,27,29)(H,30,31). The van der Waals surface area contributed by atoms with E-state index in [1.165, 1.54) is 56.7 Å². The summed E-state index contributed by atoms with van der Waals surface area (Å²) in [5.41, 5.74) is 0.350. The highest BCUT2D eigenvalue weighted by molar-refractivity contribution is 6.03. The zero-order valence-corrected chi connectivity index (χ0v) is 19.3. The molecular formula is C25H40N2O4. The zero-order valence-electron chi connectivity index (χ0n) is 19.3. The second kappa shape index (κ2) is 16.3. The highest BCUT2D eigenvalue weighted by atomic mass is 16.4. The van der Waals surface area contributed by atoms with Crippen LogP contribution in [-0.4, -0.2) is 36.0 Å². The van der Waals surface area contributed by atoms with Crippen molar-refractivity contribution in [3.63, 3.8) is 0 Å². The quantitative estimate of drug-likeness (QED) is 0.281. The summed E-state index contributed by atoms with van der Waals surface area (Å²) in [5, 5.41) is 15.0. The van der Waals surface area contributed by atoms with Gasteiger partial charge in [0.25, 0.3) is 11.8 Å². The van der Waals surface area contributed by atoms with Gasteiger partial charge in [0, 0.05) is 24.2 Å². The van der Waals surface area contributed by atoms with Crippen molar-refractivity contribution in [1.82, 2.24) is 10.6 Å². The van der Waals surface area contributed by atoms with Crippen LogP contribution in [0.2, 0.25) is 0 Å². The Morgan fingerprint density at radius 1 is 0.613 bits per heavy atom. The molecule has 0 aliphatic heterocycles. The third-order valence-electron chi connectivity index (χ3n) is 5.34. The molecule has 0 unspecified atom stereocenters. The lowest BCUT2D eigenvalue weighted by molar-refractivity contribution is 0.0697. The van der Waals surface area contributed by atoms with Gasteiger partial charge >= 0.3 is 5.97 Å². The lowest BCUT2D eigenvalue weighted by atomic mass is 10.0. The predicted octanol–water partition coefficient (Wildman–Crippen LogP) is 5.57. The minimum Gasteiger partial charge on any atom is -0.478 e. The molecule has 0 heterocycles. The van der Waals surface area contributed by atoms with E-state index >= 15 is 0 Å². The fraction of sp³-hybridized carbons (Fsp3) is 0.640. The van der Waals surface area contributed by atoms with Crippen LogP contribution >= 0.6 is 0 Å². The maximum Gasteiger partial charge on any atom is 0.335 e. The smallest absolute Gasteiger partial charge is 0.335 e. The van der Waals surface area contributed by atoms with Gasteiger partial charge in [-0.1, -0.05) is 78.1 Å². The minimum atomic E-state index is -1.16. The zero-order chi connectivity index (χ0) is 22.9. The van der Waals surface area contributed by atoms with E-state index in [0.717, 1.165) is 38.5 Å². The van der Waals surface area contributed by atoms with E-state index in [1.807, 2.05) is 0 Å². The van der Waals surface area contributed by atoms with Gasteiger partial charge in [0.1, 0.15) is 0 Å². The molecule has 0 spiro atoms. The second-order valence-corrected chi connectivity index (χ2v) is 8.15. The van der Waals surface area contributed by atoms with Crippen molar-refractivity contribution in [3.05, 3.63) is 34.9 Å². The van der Waals surface area contributed by atoms with Crippen molar-refractivity contribution in [2.24, 2.45) is 0 Å². The lowest BCUT2D eigenvalue weighted by Gasteiger charge is -2.10. The van der Waals surface area contributed by atoms with E-state index in [2.05, 4.69) is 24.5 Å². The van der Waals surface area contributed by atoms with Crippen molar-refractivity contribution in [1.29, 1.82) is 0 Å². The van der Waals surface area contributed by atoms with Gasteiger partial charge in [0.15, 0.2) is 0 Å². The summed E-state index contributed by atoms with van der Waals surface area (Å²) < 4.78 is 0. The van der Waals surface area contributed by atoms with Crippen LogP contribution in [-0.2, 0) is 0 Å². The number of carbonyl (C=O) groups is 3. The van der Waals surface area contributed by atoms with E-state index < -0.39 is 5.97 Å².